The molecule has 1 amide bonds. The van der Waals surface area contributed by atoms with E-state index in [2.05, 4.69) is 4.98 Å². The largest absolute Gasteiger partial charge is 0.482 e. The average Bonchev–Trinajstić information content (AvgIpc) is 2.39. The average molecular weight is 226 g/mol. The van der Waals surface area contributed by atoms with Crippen LogP contribution >= 0.6 is 0 Å². The minimum Gasteiger partial charge on any atom is -0.482 e. The number of benzene rings is 1. The Bertz CT molecular complexity index is 554. The van der Waals surface area contributed by atoms with Crippen LogP contribution in [0.3, 0.4) is 0 Å². The Morgan fingerprint density at radius 3 is 2.76 bits per heavy atom. The molecule has 0 spiro atoms. The summed E-state index contributed by atoms with van der Waals surface area (Å²) >= 11 is 0. The molecular weight excluding hydrogens is 216 g/mol. The highest BCUT2D eigenvalue weighted by molar-refractivity contribution is 6.03. The number of fused-ring (bicyclic) bond motifs is 1. The van der Waals surface area contributed by atoms with Gasteiger partial charge in [-0.05, 0) is 24.3 Å². The highest BCUT2D eigenvalue weighted by atomic mass is 16.5. The van der Waals surface area contributed by atoms with Crippen LogP contribution in [0.15, 0.2) is 48.7 Å². The van der Waals surface area contributed by atoms with Gasteiger partial charge in [0.1, 0.15) is 11.6 Å². The maximum Gasteiger partial charge on any atom is 0.270 e. The first-order chi connectivity index (χ1) is 8.36. The second kappa shape index (κ2) is 3.90. The van der Waals surface area contributed by atoms with Crippen molar-refractivity contribution in [1.82, 2.24) is 4.98 Å². The fraction of sp³-hybridized carbons (Fsp3) is 0.0769. The Morgan fingerprint density at radius 2 is 1.94 bits per heavy atom. The summed E-state index contributed by atoms with van der Waals surface area (Å²) in [5.74, 6) is 1.22. The summed E-state index contributed by atoms with van der Waals surface area (Å²) in [5.41, 5.74) is 0.738. The van der Waals surface area contributed by atoms with Crippen molar-refractivity contribution in [3.8, 4) is 5.75 Å². The van der Waals surface area contributed by atoms with Crippen molar-refractivity contribution < 1.29 is 9.53 Å². The van der Waals surface area contributed by atoms with E-state index in [9.17, 15) is 4.79 Å². The van der Waals surface area contributed by atoms with E-state index in [1.165, 1.54) is 0 Å². The van der Waals surface area contributed by atoms with Gasteiger partial charge in [-0.25, -0.2) is 4.98 Å². The minimum absolute atomic E-state index is 0.0492. The van der Waals surface area contributed by atoms with Crippen molar-refractivity contribution >= 4 is 17.4 Å². The summed E-state index contributed by atoms with van der Waals surface area (Å²) in [5, 5.41) is 0. The molecule has 0 aliphatic carbocycles. The first-order valence-electron chi connectivity index (χ1n) is 5.32. The highest BCUT2D eigenvalue weighted by Crippen LogP contribution is 2.35. The van der Waals surface area contributed by atoms with Gasteiger partial charge in [0, 0.05) is 6.20 Å². The van der Waals surface area contributed by atoms with Crippen molar-refractivity contribution in [3.63, 3.8) is 0 Å². The topological polar surface area (TPSA) is 42.4 Å². The van der Waals surface area contributed by atoms with Crippen LogP contribution in [0.25, 0.3) is 0 Å². The molecule has 0 saturated heterocycles. The van der Waals surface area contributed by atoms with Crippen molar-refractivity contribution in [2.45, 2.75) is 0 Å². The fourth-order valence-corrected chi connectivity index (χ4v) is 1.84. The molecule has 1 aromatic carbocycles. The number of pyridine rings is 1. The lowest BCUT2D eigenvalue weighted by molar-refractivity contribution is -0.120. The summed E-state index contributed by atoms with van der Waals surface area (Å²) in [7, 11) is 0. The SMILES string of the molecule is O=C1COc2ccccc2N1c1ccccn1. The van der Waals surface area contributed by atoms with E-state index in [1.807, 2.05) is 36.4 Å². The van der Waals surface area contributed by atoms with Gasteiger partial charge >= 0.3 is 0 Å². The Morgan fingerprint density at radius 1 is 1.12 bits per heavy atom. The maximum absolute atomic E-state index is 11.9. The van der Waals surface area contributed by atoms with Gasteiger partial charge in [-0.1, -0.05) is 18.2 Å². The van der Waals surface area contributed by atoms with Gasteiger partial charge in [0.15, 0.2) is 6.61 Å². The van der Waals surface area contributed by atoms with Gasteiger partial charge < -0.3 is 4.74 Å². The van der Waals surface area contributed by atoms with Crippen molar-refractivity contribution in [2.75, 3.05) is 11.5 Å². The van der Waals surface area contributed by atoms with Gasteiger partial charge in [0.25, 0.3) is 5.91 Å². The molecule has 2 heterocycles. The van der Waals surface area contributed by atoms with Crippen molar-refractivity contribution in [1.29, 1.82) is 0 Å². The predicted molar refractivity (Wildman–Crippen MR) is 63.3 cm³/mol. The summed E-state index contributed by atoms with van der Waals surface area (Å²) in [6, 6.07) is 12.9. The third-order valence-electron chi connectivity index (χ3n) is 2.59. The van der Waals surface area contributed by atoms with E-state index in [-0.39, 0.29) is 12.5 Å². The van der Waals surface area contributed by atoms with Crippen LogP contribution in [0.5, 0.6) is 5.75 Å². The molecule has 4 heteroatoms. The zero-order valence-corrected chi connectivity index (χ0v) is 9.04. The molecule has 84 valence electrons. The minimum atomic E-state index is -0.109. The molecule has 0 saturated carbocycles. The molecule has 2 aromatic rings. The first kappa shape index (κ1) is 9.84. The number of carbonyl (C=O) groups excluding carboxylic acids is 1. The number of ether oxygens (including phenoxy) is 1. The normalized spacial score (nSPS) is 14.1. The quantitative estimate of drug-likeness (QED) is 0.748. The number of hydrogen-bond acceptors (Lipinski definition) is 3. The molecule has 0 fully saturated rings. The van der Waals surface area contributed by atoms with Gasteiger partial charge in [0.05, 0.1) is 5.69 Å². The molecule has 3 rings (SSSR count). The lowest BCUT2D eigenvalue weighted by Gasteiger charge is -2.28. The highest BCUT2D eigenvalue weighted by Gasteiger charge is 2.26. The number of aromatic nitrogens is 1. The summed E-state index contributed by atoms with van der Waals surface area (Å²) in [6.45, 7) is 0.0492. The van der Waals surface area contributed by atoms with Crippen LogP contribution in [0.2, 0.25) is 0 Å². The number of rotatable bonds is 1. The fourth-order valence-electron chi connectivity index (χ4n) is 1.84. The summed E-state index contributed by atoms with van der Waals surface area (Å²) in [6.07, 6.45) is 1.67. The van der Waals surface area contributed by atoms with E-state index in [1.54, 1.807) is 17.2 Å². The second-order valence-electron chi connectivity index (χ2n) is 3.67. The van der Waals surface area contributed by atoms with Crippen molar-refractivity contribution in [2.24, 2.45) is 0 Å². The molecular formula is C13H10N2O2. The zero-order chi connectivity index (χ0) is 11.7. The molecule has 0 radical (unpaired) electrons. The van der Waals surface area contributed by atoms with Crippen LogP contribution in [0.4, 0.5) is 11.5 Å². The number of amides is 1. The molecule has 1 aliphatic heterocycles. The third-order valence-corrected chi connectivity index (χ3v) is 2.59. The molecule has 0 atom stereocenters. The van der Waals surface area contributed by atoms with Crippen LogP contribution in [-0.2, 0) is 4.79 Å². The molecule has 17 heavy (non-hydrogen) atoms. The van der Waals surface area contributed by atoms with Gasteiger partial charge in [-0.2, -0.15) is 0 Å². The first-order valence-corrected chi connectivity index (χ1v) is 5.32. The Labute approximate surface area is 98.5 Å². The third kappa shape index (κ3) is 1.63. The Balaban J connectivity index is 2.13. The van der Waals surface area contributed by atoms with Gasteiger partial charge in [0.2, 0.25) is 0 Å². The number of anilines is 2. The number of hydrogen-bond donors (Lipinski definition) is 0. The molecule has 0 bridgehead atoms. The van der Waals surface area contributed by atoms with Crippen LogP contribution in [0, 0.1) is 0 Å². The van der Waals surface area contributed by atoms with Crippen LogP contribution in [-0.4, -0.2) is 17.5 Å². The Hall–Kier alpha value is -2.36. The standard InChI is InChI=1S/C13H10N2O2/c16-13-9-17-11-6-2-1-5-10(11)15(13)12-7-3-4-8-14-12/h1-8H,9H2. The molecule has 4 nitrogen and oxygen atoms in total. The van der Waals surface area contributed by atoms with Crippen LogP contribution in [0.1, 0.15) is 0 Å². The van der Waals surface area contributed by atoms with E-state index < -0.39 is 0 Å². The van der Waals surface area contributed by atoms with E-state index >= 15 is 0 Å². The summed E-state index contributed by atoms with van der Waals surface area (Å²) < 4.78 is 5.37. The van der Waals surface area contributed by atoms with Crippen LogP contribution < -0.4 is 9.64 Å². The lowest BCUT2D eigenvalue weighted by Crippen LogP contribution is -2.35. The maximum atomic E-state index is 11.9. The lowest BCUT2D eigenvalue weighted by atomic mass is 10.2. The van der Waals surface area contributed by atoms with Crippen molar-refractivity contribution in [3.05, 3.63) is 48.7 Å². The monoisotopic (exact) mass is 226 g/mol. The van der Waals surface area contributed by atoms with E-state index in [4.69, 9.17) is 4.74 Å². The molecule has 0 unspecified atom stereocenters. The molecule has 0 N–H and O–H groups in total. The zero-order valence-electron chi connectivity index (χ0n) is 9.04. The molecule has 1 aromatic heterocycles. The number of para-hydroxylation sites is 2. The predicted octanol–water partition coefficient (Wildman–Crippen LogP) is 2.14. The smallest absolute Gasteiger partial charge is 0.270 e. The number of carbonyl (C=O) groups is 1. The Kier molecular flexibility index (Phi) is 2.26. The van der Waals surface area contributed by atoms with E-state index in [0.29, 0.717) is 11.6 Å². The second-order valence-corrected chi connectivity index (χ2v) is 3.67. The van der Waals surface area contributed by atoms with Gasteiger partial charge in [-0.3, -0.25) is 9.69 Å². The van der Waals surface area contributed by atoms with Gasteiger partial charge in [-0.15, -0.1) is 0 Å². The number of nitrogens with zero attached hydrogens (tertiary/aromatic N) is 2. The summed E-state index contributed by atoms with van der Waals surface area (Å²) in [4.78, 5) is 17.7. The van der Waals surface area contributed by atoms with E-state index in [0.717, 1.165) is 5.69 Å². The molecule has 1 aliphatic rings.